The second-order valence-corrected chi connectivity index (χ2v) is 6.52. The molecule has 2 aromatic rings. The van der Waals surface area contributed by atoms with Crippen LogP contribution in [0, 0.1) is 0 Å². The molecule has 1 N–H and O–H groups in total. The summed E-state index contributed by atoms with van der Waals surface area (Å²) in [6.45, 7) is 2.07. The van der Waals surface area contributed by atoms with E-state index in [2.05, 4.69) is 0 Å². The zero-order valence-corrected chi connectivity index (χ0v) is 15.9. The Hall–Kier alpha value is -2.86. The summed E-state index contributed by atoms with van der Waals surface area (Å²) in [6.07, 6.45) is 0. The fourth-order valence-electron chi connectivity index (χ4n) is 2.50. The average molecular weight is 389 g/mol. The Balaban J connectivity index is 2.28. The van der Waals surface area contributed by atoms with Crippen LogP contribution in [0.2, 0.25) is 5.02 Å². The van der Waals surface area contributed by atoms with Crippen LogP contribution in [-0.4, -0.2) is 52.8 Å². The highest BCUT2D eigenvalue weighted by molar-refractivity contribution is 6.30. The Morgan fingerprint density at radius 3 is 2.15 bits per heavy atom. The molecule has 0 heterocycles. The molecule has 0 saturated carbocycles. The highest BCUT2D eigenvalue weighted by Gasteiger charge is 2.20. The summed E-state index contributed by atoms with van der Waals surface area (Å²) in [4.78, 5) is 39.2. The summed E-state index contributed by atoms with van der Waals surface area (Å²) in [5.41, 5.74) is 1.40. The lowest BCUT2D eigenvalue weighted by molar-refractivity contribution is -0.137. The van der Waals surface area contributed by atoms with Crippen LogP contribution in [0.1, 0.15) is 33.2 Å². The van der Waals surface area contributed by atoms with Gasteiger partial charge in [0.2, 0.25) is 0 Å². The van der Waals surface area contributed by atoms with Crippen molar-refractivity contribution in [3.05, 3.63) is 70.2 Å². The van der Waals surface area contributed by atoms with Crippen molar-refractivity contribution in [2.75, 3.05) is 20.1 Å². The fraction of sp³-hybridized carbons (Fsp3) is 0.250. The van der Waals surface area contributed by atoms with E-state index in [-0.39, 0.29) is 18.0 Å². The maximum absolute atomic E-state index is 12.9. The molecule has 0 aliphatic heterocycles. The minimum absolute atomic E-state index is 0.120. The van der Waals surface area contributed by atoms with Gasteiger partial charge in [-0.2, -0.15) is 0 Å². The molecule has 6 nitrogen and oxygen atoms in total. The maximum Gasteiger partial charge on any atom is 0.323 e. The van der Waals surface area contributed by atoms with Crippen molar-refractivity contribution in [3.8, 4) is 0 Å². The van der Waals surface area contributed by atoms with Gasteiger partial charge < -0.3 is 14.9 Å². The fourth-order valence-corrected chi connectivity index (χ4v) is 2.63. The Labute approximate surface area is 163 Å². The first-order chi connectivity index (χ1) is 12.8. The Morgan fingerprint density at radius 1 is 1.00 bits per heavy atom. The highest BCUT2D eigenvalue weighted by Crippen LogP contribution is 2.15. The van der Waals surface area contributed by atoms with E-state index >= 15 is 0 Å². The van der Waals surface area contributed by atoms with Gasteiger partial charge in [0.05, 0.1) is 0 Å². The zero-order chi connectivity index (χ0) is 20.0. The van der Waals surface area contributed by atoms with Gasteiger partial charge in [0, 0.05) is 36.3 Å². The number of carboxylic acids is 1. The molecule has 27 heavy (non-hydrogen) atoms. The van der Waals surface area contributed by atoms with Crippen LogP contribution in [-0.2, 0) is 11.3 Å². The first kappa shape index (κ1) is 20.5. The predicted molar refractivity (Wildman–Crippen MR) is 103 cm³/mol. The number of benzene rings is 2. The monoisotopic (exact) mass is 388 g/mol. The van der Waals surface area contributed by atoms with Crippen molar-refractivity contribution in [2.24, 2.45) is 0 Å². The van der Waals surface area contributed by atoms with E-state index in [1.165, 1.54) is 15.9 Å². The number of carbonyl (C=O) groups is 3. The molecule has 0 bridgehead atoms. The van der Waals surface area contributed by atoms with Gasteiger partial charge in [0.1, 0.15) is 6.54 Å². The van der Waals surface area contributed by atoms with E-state index in [4.69, 9.17) is 11.6 Å². The van der Waals surface area contributed by atoms with Gasteiger partial charge in [-0.1, -0.05) is 29.8 Å². The van der Waals surface area contributed by atoms with Crippen molar-refractivity contribution in [1.82, 2.24) is 9.80 Å². The van der Waals surface area contributed by atoms with E-state index in [1.54, 1.807) is 49.5 Å². The van der Waals surface area contributed by atoms with Crippen LogP contribution in [0.15, 0.2) is 48.5 Å². The summed E-state index contributed by atoms with van der Waals surface area (Å²) < 4.78 is 0. The number of carbonyl (C=O) groups excluding carboxylic acids is 2. The molecule has 0 saturated heterocycles. The van der Waals surface area contributed by atoms with E-state index in [0.717, 1.165) is 5.56 Å². The molecule has 2 aromatic carbocycles. The number of hydrogen-bond acceptors (Lipinski definition) is 3. The van der Waals surface area contributed by atoms with E-state index in [1.807, 2.05) is 6.92 Å². The SMILES string of the molecule is CCN(C)C(=O)c1cccc(C(=O)N(CC(=O)O)Cc2ccc(Cl)cc2)c1. The van der Waals surface area contributed by atoms with Gasteiger partial charge >= 0.3 is 5.97 Å². The van der Waals surface area contributed by atoms with Crippen molar-refractivity contribution in [1.29, 1.82) is 0 Å². The van der Waals surface area contributed by atoms with Crippen molar-refractivity contribution in [3.63, 3.8) is 0 Å². The second-order valence-electron chi connectivity index (χ2n) is 6.08. The molecule has 0 aromatic heterocycles. The third-order valence-electron chi connectivity index (χ3n) is 4.08. The van der Waals surface area contributed by atoms with E-state index in [9.17, 15) is 19.5 Å². The number of halogens is 1. The van der Waals surface area contributed by atoms with Gasteiger partial charge in [-0.15, -0.1) is 0 Å². The van der Waals surface area contributed by atoms with Crippen LogP contribution < -0.4 is 0 Å². The average Bonchev–Trinajstić information content (AvgIpc) is 2.67. The van der Waals surface area contributed by atoms with Crippen LogP contribution in [0.3, 0.4) is 0 Å². The number of hydrogen-bond donors (Lipinski definition) is 1. The molecule has 0 unspecified atom stereocenters. The molecule has 0 spiro atoms. The molecule has 0 aliphatic rings. The minimum Gasteiger partial charge on any atom is -0.480 e. The van der Waals surface area contributed by atoms with Gasteiger partial charge in [-0.25, -0.2) is 0 Å². The number of rotatable bonds is 7. The van der Waals surface area contributed by atoms with Crippen LogP contribution in [0.5, 0.6) is 0 Å². The summed E-state index contributed by atoms with van der Waals surface area (Å²) in [5.74, 6) is -1.77. The molecular formula is C20H21ClN2O4. The second kappa shape index (κ2) is 9.19. The number of amides is 2. The third kappa shape index (κ3) is 5.56. The third-order valence-corrected chi connectivity index (χ3v) is 4.33. The lowest BCUT2D eigenvalue weighted by atomic mass is 10.1. The first-order valence-corrected chi connectivity index (χ1v) is 8.80. The van der Waals surface area contributed by atoms with Crippen LogP contribution in [0.25, 0.3) is 0 Å². The summed E-state index contributed by atoms with van der Waals surface area (Å²) >= 11 is 5.86. The van der Waals surface area contributed by atoms with Crippen molar-refractivity contribution >= 4 is 29.4 Å². The predicted octanol–water partition coefficient (Wildman–Crippen LogP) is 3.16. The Kier molecular flexibility index (Phi) is 6.96. The standard InChI is InChI=1S/C20H21ClN2O4/c1-3-22(2)19(26)15-5-4-6-16(11-15)20(27)23(13-18(24)25)12-14-7-9-17(21)10-8-14/h4-11H,3,12-13H2,1-2H3,(H,24,25). The lowest BCUT2D eigenvalue weighted by Crippen LogP contribution is -2.35. The van der Waals surface area contributed by atoms with E-state index in [0.29, 0.717) is 17.1 Å². The summed E-state index contributed by atoms with van der Waals surface area (Å²) in [6, 6.07) is 13.1. The summed E-state index contributed by atoms with van der Waals surface area (Å²) in [7, 11) is 1.67. The lowest BCUT2D eigenvalue weighted by Gasteiger charge is -2.21. The molecule has 0 radical (unpaired) electrons. The van der Waals surface area contributed by atoms with E-state index < -0.39 is 18.4 Å². The van der Waals surface area contributed by atoms with Gasteiger partial charge in [0.15, 0.2) is 0 Å². The summed E-state index contributed by atoms with van der Waals surface area (Å²) in [5, 5.41) is 9.73. The van der Waals surface area contributed by atoms with Gasteiger partial charge in [0.25, 0.3) is 11.8 Å². The van der Waals surface area contributed by atoms with Crippen molar-refractivity contribution < 1.29 is 19.5 Å². The van der Waals surface area contributed by atoms with Crippen molar-refractivity contribution in [2.45, 2.75) is 13.5 Å². The quantitative estimate of drug-likeness (QED) is 0.790. The molecule has 142 valence electrons. The molecule has 0 atom stereocenters. The van der Waals surface area contributed by atoms with Crippen LogP contribution >= 0.6 is 11.6 Å². The normalized spacial score (nSPS) is 10.3. The molecule has 0 fully saturated rings. The zero-order valence-electron chi connectivity index (χ0n) is 15.2. The van der Waals surface area contributed by atoms with Crippen LogP contribution in [0.4, 0.5) is 0 Å². The smallest absolute Gasteiger partial charge is 0.323 e. The number of nitrogens with zero attached hydrogens (tertiary/aromatic N) is 2. The van der Waals surface area contributed by atoms with Gasteiger partial charge in [-0.05, 0) is 42.8 Å². The molecule has 2 rings (SSSR count). The Bertz CT molecular complexity index is 836. The minimum atomic E-state index is -1.12. The molecular weight excluding hydrogens is 368 g/mol. The molecule has 7 heteroatoms. The highest BCUT2D eigenvalue weighted by atomic mass is 35.5. The van der Waals surface area contributed by atoms with Gasteiger partial charge in [-0.3, -0.25) is 14.4 Å². The number of aliphatic carboxylic acids is 1. The first-order valence-electron chi connectivity index (χ1n) is 8.43. The topological polar surface area (TPSA) is 77.9 Å². The maximum atomic E-state index is 12.9. The number of carboxylic acid groups (broad SMARTS) is 1. The Morgan fingerprint density at radius 2 is 1.59 bits per heavy atom. The largest absolute Gasteiger partial charge is 0.480 e. The molecule has 0 aliphatic carbocycles. The molecule has 2 amide bonds.